The van der Waals surface area contributed by atoms with Crippen LogP contribution in [0.25, 0.3) is 22.1 Å². The van der Waals surface area contributed by atoms with Gasteiger partial charge in [0.2, 0.25) is 11.1 Å². The Kier molecular flexibility index (Phi) is 4.02. The molecule has 2 N–H and O–H groups in total. The van der Waals surface area contributed by atoms with Gasteiger partial charge in [0.1, 0.15) is 5.52 Å². The van der Waals surface area contributed by atoms with E-state index in [1.165, 1.54) is 11.8 Å². The van der Waals surface area contributed by atoms with Crippen LogP contribution in [0.15, 0.2) is 53.9 Å². The van der Waals surface area contributed by atoms with Crippen molar-refractivity contribution in [3.05, 3.63) is 48.8 Å². The standard InChI is InChI=1S/C17H14N6OS/c1-10(16(24)19-11-6-8-18-9-7-11)25-17-21-15-14(22-23-17)12-4-2-3-5-13(12)20-15/h2-10H,1H3,(H,18,19,24)(H,20,21,23). The van der Waals surface area contributed by atoms with Gasteiger partial charge in [-0.2, -0.15) is 0 Å². The van der Waals surface area contributed by atoms with Crippen LogP contribution in [-0.2, 0) is 4.79 Å². The van der Waals surface area contributed by atoms with Crippen LogP contribution in [-0.4, -0.2) is 36.3 Å². The van der Waals surface area contributed by atoms with Crippen LogP contribution in [0.1, 0.15) is 6.92 Å². The molecule has 0 bridgehead atoms. The van der Waals surface area contributed by atoms with E-state index in [1.54, 1.807) is 31.5 Å². The van der Waals surface area contributed by atoms with E-state index < -0.39 is 0 Å². The molecule has 1 unspecified atom stereocenters. The van der Waals surface area contributed by atoms with Gasteiger partial charge < -0.3 is 10.3 Å². The molecule has 0 radical (unpaired) electrons. The number of nitrogens with zero attached hydrogens (tertiary/aromatic N) is 4. The molecule has 7 nitrogen and oxygen atoms in total. The molecule has 8 heteroatoms. The summed E-state index contributed by atoms with van der Waals surface area (Å²) in [6, 6.07) is 11.3. The average Bonchev–Trinajstić information content (AvgIpc) is 3.00. The second-order valence-corrected chi connectivity index (χ2v) is 6.76. The van der Waals surface area contributed by atoms with Gasteiger partial charge in [0.25, 0.3) is 0 Å². The Balaban J connectivity index is 1.53. The molecule has 25 heavy (non-hydrogen) atoms. The number of anilines is 1. The van der Waals surface area contributed by atoms with Crippen molar-refractivity contribution in [1.82, 2.24) is 25.1 Å². The first-order valence-corrected chi connectivity index (χ1v) is 8.57. The minimum absolute atomic E-state index is 0.128. The molecule has 1 aromatic carbocycles. The number of carbonyl (C=O) groups is 1. The summed E-state index contributed by atoms with van der Waals surface area (Å²) in [5.74, 6) is -0.128. The number of para-hydroxylation sites is 1. The fraction of sp³-hybridized carbons (Fsp3) is 0.118. The molecule has 0 spiro atoms. The van der Waals surface area contributed by atoms with Crippen LogP contribution in [0.3, 0.4) is 0 Å². The smallest absolute Gasteiger partial charge is 0.237 e. The zero-order valence-electron chi connectivity index (χ0n) is 13.3. The third kappa shape index (κ3) is 3.16. The normalized spacial score (nSPS) is 12.4. The maximum atomic E-state index is 12.3. The fourth-order valence-corrected chi connectivity index (χ4v) is 3.16. The minimum Gasteiger partial charge on any atom is -0.338 e. The van der Waals surface area contributed by atoms with Gasteiger partial charge in [0.05, 0.1) is 5.25 Å². The molecule has 3 aromatic heterocycles. The van der Waals surface area contributed by atoms with Crippen molar-refractivity contribution in [2.75, 3.05) is 5.32 Å². The third-order valence-electron chi connectivity index (χ3n) is 3.70. The Labute approximate surface area is 147 Å². The summed E-state index contributed by atoms with van der Waals surface area (Å²) in [6.45, 7) is 1.81. The minimum atomic E-state index is -0.364. The highest BCUT2D eigenvalue weighted by atomic mass is 32.2. The second-order valence-electron chi connectivity index (χ2n) is 5.45. The number of aromatic amines is 1. The van der Waals surface area contributed by atoms with Gasteiger partial charge in [-0.05, 0) is 25.1 Å². The molecular formula is C17H14N6OS. The van der Waals surface area contributed by atoms with Crippen molar-refractivity contribution in [3.8, 4) is 0 Å². The van der Waals surface area contributed by atoms with Crippen molar-refractivity contribution in [1.29, 1.82) is 0 Å². The Morgan fingerprint density at radius 3 is 2.80 bits per heavy atom. The maximum Gasteiger partial charge on any atom is 0.237 e. The molecule has 0 fully saturated rings. The van der Waals surface area contributed by atoms with E-state index in [-0.39, 0.29) is 11.2 Å². The van der Waals surface area contributed by atoms with E-state index in [0.29, 0.717) is 16.5 Å². The number of fused-ring (bicyclic) bond motifs is 3. The lowest BCUT2D eigenvalue weighted by molar-refractivity contribution is -0.115. The number of hydrogen-bond acceptors (Lipinski definition) is 6. The number of carbonyl (C=O) groups excluding carboxylic acids is 1. The molecule has 4 rings (SSSR count). The Hall–Kier alpha value is -3.00. The molecule has 0 aliphatic heterocycles. The summed E-state index contributed by atoms with van der Waals surface area (Å²) in [7, 11) is 0. The van der Waals surface area contributed by atoms with E-state index in [2.05, 4.69) is 30.5 Å². The number of benzene rings is 1. The quantitative estimate of drug-likeness (QED) is 0.549. The van der Waals surface area contributed by atoms with Gasteiger partial charge in [0, 0.05) is 29.0 Å². The van der Waals surface area contributed by atoms with Crippen molar-refractivity contribution >= 4 is 45.4 Å². The average molecular weight is 350 g/mol. The molecule has 1 atom stereocenters. The molecule has 0 saturated carbocycles. The van der Waals surface area contributed by atoms with Gasteiger partial charge in [-0.3, -0.25) is 9.78 Å². The molecule has 3 heterocycles. The topological polar surface area (TPSA) is 96.5 Å². The van der Waals surface area contributed by atoms with Gasteiger partial charge in [0.15, 0.2) is 5.65 Å². The second kappa shape index (κ2) is 6.48. The summed E-state index contributed by atoms with van der Waals surface area (Å²) in [5, 5.41) is 12.3. The number of amides is 1. The lowest BCUT2D eigenvalue weighted by Gasteiger charge is -2.10. The SMILES string of the molecule is CC(Sc1nnc2c(n1)[nH]c1ccccc12)C(=O)Nc1ccncc1. The van der Waals surface area contributed by atoms with Crippen LogP contribution >= 0.6 is 11.8 Å². The van der Waals surface area contributed by atoms with E-state index in [9.17, 15) is 4.79 Å². The predicted octanol–water partition coefficient (Wildman–Crippen LogP) is 3.02. The third-order valence-corrected chi connectivity index (χ3v) is 4.65. The Morgan fingerprint density at radius 2 is 1.96 bits per heavy atom. The molecule has 124 valence electrons. The molecule has 4 aromatic rings. The number of nitrogens with one attached hydrogen (secondary N) is 2. The number of aromatic nitrogens is 5. The first kappa shape index (κ1) is 15.5. The van der Waals surface area contributed by atoms with Crippen LogP contribution in [0.2, 0.25) is 0 Å². The molecule has 1 amide bonds. The first-order chi connectivity index (χ1) is 12.2. The number of H-pyrrole nitrogens is 1. The summed E-state index contributed by atoms with van der Waals surface area (Å²) < 4.78 is 0. The molecule has 0 aliphatic carbocycles. The Morgan fingerprint density at radius 1 is 1.16 bits per heavy atom. The highest BCUT2D eigenvalue weighted by molar-refractivity contribution is 8.00. The highest BCUT2D eigenvalue weighted by Gasteiger charge is 2.17. The molecule has 0 aliphatic rings. The van der Waals surface area contributed by atoms with Crippen LogP contribution in [0.5, 0.6) is 0 Å². The lowest BCUT2D eigenvalue weighted by atomic mass is 10.2. The predicted molar refractivity (Wildman–Crippen MR) is 97.4 cm³/mol. The number of hydrogen-bond donors (Lipinski definition) is 2. The maximum absolute atomic E-state index is 12.3. The van der Waals surface area contributed by atoms with E-state index >= 15 is 0 Å². The van der Waals surface area contributed by atoms with Gasteiger partial charge in [-0.25, -0.2) is 4.98 Å². The van der Waals surface area contributed by atoms with Gasteiger partial charge >= 0.3 is 0 Å². The van der Waals surface area contributed by atoms with Crippen LogP contribution < -0.4 is 5.32 Å². The fourth-order valence-electron chi connectivity index (χ4n) is 2.45. The molecule has 0 saturated heterocycles. The zero-order valence-corrected chi connectivity index (χ0v) is 14.1. The van der Waals surface area contributed by atoms with E-state index in [1.807, 2.05) is 24.3 Å². The summed E-state index contributed by atoms with van der Waals surface area (Å²) in [6.07, 6.45) is 3.26. The van der Waals surface area contributed by atoms with Crippen molar-refractivity contribution in [3.63, 3.8) is 0 Å². The van der Waals surface area contributed by atoms with Gasteiger partial charge in [-0.1, -0.05) is 30.0 Å². The molecular weight excluding hydrogens is 336 g/mol. The number of rotatable bonds is 4. The Bertz CT molecular complexity index is 1050. The number of thioether (sulfide) groups is 1. The summed E-state index contributed by atoms with van der Waals surface area (Å²) in [5.41, 5.74) is 3.07. The first-order valence-electron chi connectivity index (χ1n) is 7.69. The van der Waals surface area contributed by atoms with Crippen molar-refractivity contribution in [2.24, 2.45) is 0 Å². The monoisotopic (exact) mass is 350 g/mol. The zero-order chi connectivity index (χ0) is 17.2. The van der Waals surface area contributed by atoms with E-state index in [0.717, 1.165) is 16.4 Å². The van der Waals surface area contributed by atoms with Crippen LogP contribution in [0.4, 0.5) is 5.69 Å². The van der Waals surface area contributed by atoms with E-state index in [4.69, 9.17) is 0 Å². The largest absolute Gasteiger partial charge is 0.338 e. The van der Waals surface area contributed by atoms with Crippen molar-refractivity contribution < 1.29 is 4.79 Å². The van der Waals surface area contributed by atoms with Gasteiger partial charge in [-0.15, -0.1) is 10.2 Å². The van der Waals surface area contributed by atoms with Crippen molar-refractivity contribution in [2.45, 2.75) is 17.3 Å². The summed E-state index contributed by atoms with van der Waals surface area (Å²) in [4.78, 5) is 23.9. The summed E-state index contributed by atoms with van der Waals surface area (Å²) >= 11 is 1.26. The highest BCUT2D eigenvalue weighted by Crippen LogP contribution is 2.25. The number of pyridine rings is 1. The van der Waals surface area contributed by atoms with Crippen LogP contribution in [0, 0.1) is 0 Å². The lowest BCUT2D eigenvalue weighted by Crippen LogP contribution is -2.22.